The van der Waals surface area contributed by atoms with Gasteiger partial charge in [0.15, 0.2) is 17.7 Å². The highest BCUT2D eigenvalue weighted by Crippen LogP contribution is 2.24. The van der Waals surface area contributed by atoms with Crippen LogP contribution in [0.2, 0.25) is 0 Å². The summed E-state index contributed by atoms with van der Waals surface area (Å²) in [7, 11) is 0. The molecule has 5 nitrogen and oxygen atoms in total. The summed E-state index contributed by atoms with van der Waals surface area (Å²) >= 11 is 0. The standard InChI is InChI=1S/C15H13N3O2/c1-2-11-5-7-12(8-6-11)18-15(13(10-19)16-17-18)14-4-3-9-20-14/h3-10H,2H2,1H3. The Balaban J connectivity index is 2.14. The van der Waals surface area contributed by atoms with Crippen molar-refractivity contribution in [1.82, 2.24) is 15.0 Å². The van der Waals surface area contributed by atoms with E-state index in [4.69, 9.17) is 4.42 Å². The van der Waals surface area contributed by atoms with E-state index in [1.165, 1.54) is 5.56 Å². The van der Waals surface area contributed by atoms with E-state index in [2.05, 4.69) is 17.2 Å². The molecule has 0 N–H and O–H groups in total. The lowest BCUT2D eigenvalue weighted by molar-refractivity contribution is 0.111. The van der Waals surface area contributed by atoms with Crippen molar-refractivity contribution in [3.8, 4) is 17.1 Å². The van der Waals surface area contributed by atoms with Crippen LogP contribution in [0.25, 0.3) is 17.1 Å². The summed E-state index contributed by atoms with van der Waals surface area (Å²) in [6.45, 7) is 2.10. The number of benzene rings is 1. The highest BCUT2D eigenvalue weighted by Gasteiger charge is 2.17. The van der Waals surface area contributed by atoms with Gasteiger partial charge >= 0.3 is 0 Å². The molecule has 0 radical (unpaired) electrons. The van der Waals surface area contributed by atoms with Crippen LogP contribution in [0.1, 0.15) is 23.0 Å². The quantitative estimate of drug-likeness (QED) is 0.682. The van der Waals surface area contributed by atoms with E-state index < -0.39 is 0 Å². The fraction of sp³-hybridized carbons (Fsp3) is 0.133. The lowest BCUT2D eigenvalue weighted by Gasteiger charge is -2.05. The monoisotopic (exact) mass is 267 g/mol. The molecule has 0 saturated heterocycles. The van der Waals surface area contributed by atoms with Crippen LogP contribution in [0.4, 0.5) is 0 Å². The minimum Gasteiger partial charge on any atom is -0.463 e. The summed E-state index contributed by atoms with van der Waals surface area (Å²) in [5.41, 5.74) is 2.91. The van der Waals surface area contributed by atoms with Gasteiger partial charge in [-0.05, 0) is 36.2 Å². The first kappa shape index (κ1) is 12.3. The zero-order chi connectivity index (χ0) is 13.9. The molecule has 0 amide bonds. The molecule has 0 spiro atoms. The molecule has 0 aliphatic rings. The van der Waals surface area contributed by atoms with Gasteiger partial charge in [-0.1, -0.05) is 24.3 Å². The van der Waals surface area contributed by atoms with Gasteiger partial charge in [-0.25, -0.2) is 4.68 Å². The number of rotatable bonds is 4. The Morgan fingerprint density at radius 1 is 1.25 bits per heavy atom. The molecule has 5 heteroatoms. The fourth-order valence-electron chi connectivity index (χ4n) is 2.07. The summed E-state index contributed by atoms with van der Waals surface area (Å²) in [5.74, 6) is 0.566. The third-order valence-electron chi connectivity index (χ3n) is 3.15. The maximum atomic E-state index is 11.1. The average Bonchev–Trinajstić information content (AvgIpc) is 3.15. The first-order valence-corrected chi connectivity index (χ1v) is 6.37. The number of furan rings is 1. The summed E-state index contributed by atoms with van der Waals surface area (Å²) < 4.78 is 6.98. The topological polar surface area (TPSA) is 60.9 Å². The van der Waals surface area contributed by atoms with Crippen LogP contribution in [-0.4, -0.2) is 21.3 Å². The molecule has 100 valence electrons. The maximum Gasteiger partial charge on any atom is 0.172 e. The predicted molar refractivity (Wildman–Crippen MR) is 73.8 cm³/mol. The average molecular weight is 267 g/mol. The zero-order valence-electron chi connectivity index (χ0n) is 11.0. The first-order valence-electron chi connectivity index (χ1n) is 6.37. The van der Waals surface area contributed by atoms with Crippen molar-refractivity contribution < 1.29 is 9.21 Å². The van der Waals surface area contributed by atoms with Gasteiger partial charge in [0.2, 0.25) is 0 Å². The number of hydrogen-bond acceptors (Lipinski definition) is 4. The zero-order valence-corrected chi connectivity index (χ0v) is 11.0. The Labute approximate surface area is 115 Å². The minimum atomic E-state index is 0.263. The van der Waals surface area contributed by atoms with Crippen molar-refractivity contribution in [1.29, 1.82) is 0 Å². The van der Waals surface area contributed by atoms with Gasteiger partial charge in [0, 0.05) is 0 Å². The van der Waals surface area contributed by atoms with Crippen LogP contribution in [0.5, 0.6) is 0 Å². The van der Waals surface area contributed by atoms with Gasteiger partial charge in [-0.3, -0.25) is 4.79 Å². The van der Waals surface area contributed by atoms with Gasteiger partial charge in [0.25, 0.3) is 0 Å². The number of carbonyl (C=O) groups excluding carboxylic acids is 1. The number of carbonyl (C=O) groups is 1. The van der Waals surface area contributed by atoms with Crippen LogP contribution >= 0.6 is 0 Å². The van der Waals surface area contributed by atoms with Gasteiger partial charge < -0.3 is 4.42 Å². The molecule has 0 unspecified atom stereocenters. The van der Waals surface area contributed by atoms with Crippen LogP contribution in [-0.2, 0) is 6.42 Å². The first-order chi connectivity index (χ1) is 9.83. The van der Waals surface area contributed by atoms with E-state index in [0.717, 1.165) is 12.1 Å². The van der Waals surface area contributed by atoms with E-state index in [9.17, 15) is 4.79 Å². The summed E-state index contributed by atoms with van der Waals surface area (Å²) in [6, 6.07) is 11.5. The van der Waals surface area contributed by atoms with Crippen molar-refractivity contribution in [3.63, 3.8) is 0 Å². The van der Waals surface area contributed by atoms with Crippen molar-refractivity contribution in [3.05, 3.63) is 53.9 Å². The normalized spacial score (nSPS) is 10.7. The highest BCUT2D eigenvalue weighted by atomic mass is 16.3. The molecule has 0 saturated carbocycles. The van der Waals surface area contributed by atoms with Gasteiger partial charge in [0.05, 0.1) is 12.0 Å². The van der Waals surface area contributed by atoms with Crippen molar-refractivity contribution in [2.45, 2.75) is 13.3 Å². The summed E-state index contributed by atoms with van der Waals surface area (Å²) in [4.78, 5) is 11.1. The Morgan fingerprint density at radius 3 is 2.65 bits per heavy atom. The molecule has 0 bridgehead atoms. The second-order valence-electron chi connectivity index (χ2n) is 4.35. The maximum absolute atomic E-state index is 11.1. The molecule has 3 aromatic rings. The second kappa shape index (κ2) is 5.13. The smallest absolute Gasteiger partial charge is 0.172 e. The molecule has 2 aromatic heterocycles. The molecule has 3 rings (SSSR count). The lowest BCUT2D eigenvalue weighted by atomic mass is 10.1. The van der Waals surface area contributed by atoms with Crippen molar-refractivity contribution in [2.75, 3.05) is 0 Å². The van der Waals surface area contributed by atoms with Crippen molar-refractivity contribution in [2.24, 2.45) is 0 Å². The lowest BCUT2D eigenvalue weighted by Crippen LogP contribution is -1.99. The Kier molecular flexibility index (Phi) is 3.16. The number of aldehydes is 1. The molecule has 0 atom stereocenters. The van der Waals surface area contributed by atoms with Gasteiger partial charge in [-0.2, -0.15) is 0 Å². The predicted octanol–water partition coefficient (Wildman–Crippen LogP) is 2.90. The van der Waals surface area contributed by atoms with Crippen LogP contribution in [0.15, 0.2) is 47.1 Å². The highest BCUT2D eigenvalue weighted by molar-refractivity contribution is 5.82. The SMILES string of the molecule is CCc1ccc(-n2nnc(C=O)c2-c2ccco2)cc1. The van der Waals surface area contributed by atoms with E-state index in [-0.39, 0.29) is 5.69 Å². The van der Waals surface area contributed by atoms with Gasteiger partial charge in [-0.15, -0.1) is 5.10 Å². The number of nitrogens with zero attached hydrogens (tertiary/aromatic N) is 3. The summed E-state index contributed by atoms with van der Waals surface area (Å²) in [5, 5.41) is 7.94. The molecule has 0 fully saturated rings. The Morgan fingerprint density at radius 2 is 2.05 bits per heavy atom. The molecule has 0 aliphatic heterocycles. The fourth-order valence-corrected chi connectivity index (χ4v) is 2.07. The molecular weight excluding hydrogens is 254 g/mol. The van der Waals surface area contributed by atoms with Gasteiger partial charge in [0.1, 0.15) is 5.69 Å². The minimum absolute atomic E-state index is 0.263. The van der Waals surface area contributed by atoms with E-state index in [1.54, 1.807) is 23.1 Å². The van der Waals surface area contributed by atoms with E-state index in [0.29, 0.717) is 17.7 Å². The number of aromatic nitrogens is 3. The van der Waals surface area contributed by atoms with Crippen molar-refractivity contribution >= 4 is 6.29 Å². The molecule has 0 aliphatic carbocycles. The van der Waals surface area contributed by atoms with E-state index in [1.807, 2.05) is 24.3 Å². The van der Waals surface area contributed by atoms with Crippen LogP contribution < -0.4 is 0 Å². The van der Waals surface area contributed by atoms with Crippen LogP contribution in [0, 0.1) is 0 Å². The molecular formula is C15H13N3O2. The second-order valence-corrected chi connectivity index (χ2v) is 4.35. The summed E-state index contributed by atoms with van der Waals surface area (Å²) in [6.07, 6.45) is 3.21. The molecule has 20 heavy (non-hydrogen) atoms. The molecule has 2 heterocycles. The van der Waals surface area contributed by atoms with E-state index >= 15 is 0 Å². The molecule has 1 aromatic carbocycles. The number of hydrogen-bond donors (Lipinski definition) is 0. The van der Waals surface area contributed by atoms with Crippen LogP contribution in [0.3, 0.4) is 0 Å². The third kappa shape index (κ3) is 2.03. The Hall–Kier alpha value is -2.69. The largest absolute Gasteiger partial charge is 0.463 e. The number of aryl methyl sites for hydroxylation is 1. The Bertz CT molecular complexity index is 712. The third-order valence-corrected chi connectivity index (χ3v) is 3.15.